The molecule has 0 bridgehead atoms. The quantitative estimate of drug-likeness (QED) is 0.766. The van der Waals surface area contributed by atoms with E-state index >= 15 is 0 Å². The zero-order valence-electron chi connectivity index (χ0n) is 10.6. The number of benzene rings is 1. The van der Waals surface area contributed by atoms with Crippen LogP contribution in [0.1, 0.15) is 18.9 Å². The minimum atomic E-state index is -1.03. The predicted molar refractivity (Wildman–Crippen MR) is 65.7 cm³/mol. The third-order valence-electron chi connectivity index (χ3n) is 2.88. The Bertz CT molecular complexity index is 498. The number of carbonyl (C=O) groups excluding carboxylic acids is 1. The maximum absolute atomic E-state index is 11.6. The van der Waals surface area contributed by atoms with E-state index in [9.17, 15) is 4.79 Å². The molecule has 1 aliphatic heterocycles. The third-order valence-corrected chi connectivity index (χ3v) is 2.88. The highest BCUT2D eigenvalue weighted by molar-refractivity contribution is 6.04. The fraction of sp³-hybridized carbons (Fsp3) is 0.385. The van der Waals surface area contributed by atoms with Gasteiger partial charge >= 0.3 is 5.97 Å². The Balaban J connectivity index is 2.19. The lowest BCUT2D eigenvalue weighted by molar-refractivity contribution is -0.164. The van der Waals surface area contributed by atoms with Crippen molar-refractivity contribution in [2.24, 2.45) is 5.16 Å². The molecule has 0 fully saturated rings. The zero-order valence-corrected chi connectivity index (χ0v) is 10.6. The van der Waals surface area contributed by atoms with Crippen molar-refractivity contribution in [3.8, 4) is 5.75 Å². The summed E-state index contributed by atoms with van der Waals surface area (Å²) in [6.07, 6.45) is 0.382. The van der Waals surface area contributed by atoms with Crippen molar-refractivity contribution in [2.45, 2.75) is 18.9 Å². The van der Waals surface area contributed by atoms with Crippen molar-refractivity contribution in [3.63, 3.8) is 0 Å². The van der Waals surface area contributed by atoms with Crippen LogP contribution in [0, 0.1) is 0 Å². The molecule has 0 spiro atoms. The van der Waals surface area contributed by atoms with Crippen LogP contribution in [0.4, 0.5) is 0 Å². The van der Waals surface area contributed by atoms with Gasteiger partial charge in [-0.15, -0.1) is 0 Å². The van der Waals surface area contributed by atoms with E-state index in [-0.39, 0.29) is 0 Å². The van der Waals surface area contributed by atoms with Crippen LogP contribution in [0.2, 0.25) is 0 Å². The molecule has 5 heteroatoms. The minimum Gasteiger partial charge on any atom is -0.497 e. The maximum Gasteiger partial charge on any atom is 0.353 e. The molecule has 1 aromatic rings. The molecule has 1 aromatic carbocycles. The molecule has 1 aliphatic rings. The van der Waals surface area contributed by atoms with E-state index in [0.29, 0.717) is 12.1 Å². The molecule has 0 N–H and O–H groups in total. The third kappa shape index (κ3) is 2.16. The maximum atomic E-state index is 11.6. The van der Waals surface area contributed by atoms with Crippen LogP contribution in [0.25, 0.3) is 0 Å². The lowest BCUT2D eigenvalue weighted by Crippen LogP contribution is -2.36. The Labute approximate surface area is 105 Å². The Morgan fingerprint density at radius 3 is 2.89 bits per heavy atom. The zero-order chi connectivity index (χ0) is 13.2. The van der Waals surface area contributed by atoms with Crippen molar-refractivity contribution in [2.75, 3.05) is 14.2 Å². The van der Waals surface area contributed by atoms with Gasteiger partial charge in [0.05, 0.1) is 19.9 Å². The van der Waals surface area contributed by atoms with Crippen LogP contribution in [0.5, 0.6) is 5.75 Å². The summed E-state index contributed by atoms with van der Waals surface area (Å²) >= 11 is 0. The van der Waals surface area contributed by atoms with E-state index in [1.807, 2.05) is 24.3 Å². The van der Waals surface area contributed by atoms with E-state index < -0.39 is 11.6 Å². The highest BCUT2D eigenvalue weighted by Gasteiger charge is 2.43. The fourth-order valence-electron chi connectivity index (χ4n) is 1.82. The second-order valence-corrected chi connectivity index (χ2v) is 4.26. The normalized spacial score (nSPS) is 22.1. The van der Waals surface area contributed by atoms with Gasteiger partial charge in [-0.25, -0.2) is 4.79 Å². The fourth-order valence-corrected chi connectivity index (χ4v) is 1.82. The van der Waals surface area contributed by atoms with Crippen LogP contribution < -0.4 is 4.74 Å². The minimum absolute atomic E-state index is 0.382. The molecule has 96 valence electrons. The molecular formula is C13H15NO4. The Morgan fingerprint density at radius 2 is 2.22 bits per heavy atom. The SMILES string of the molecule is COC(=O)C1(C)CC(c2cccc(OC)c2)=NO1. The number of esters is 1. The predicted octanol–water partition coefficient (Wildman–Crippen LogP) is 1.75. The summed E-state index contributed by atoms with van der Waals surface area (Å²) in [5.41, 5.74) is 0.552. The van der Waals surface area contributed by atoms with Crippen molar-refractivity contribution >= 4 is 11.7 Å². The first kappa shape index (κ1) is 12.4. The number of methoxy groups -OCH3 is 2. The van der Waals surface area contributed by atoms with Gasteiger partial charge in [0.15, 0.2) is 0 Å². The highest BCUT2D eigenvalue weighted by Crippen LogP contribution is 2.28. The number of rotatable bonds is 3. The molecular weight excluding hydrogens is 234 g/mol. The van der Waals surface area contributed by atoms with Crippen molar-refractivity contribution in [1.82, 2.24) is 0 Å². The highest BCUT2D eigenvalue weighted by atomic mass is 16.7. The Kier molecular flexibility index (Phi) is 3.23. The molecule has 18 heavy (non-hydrogen) atoms. The number of hydrogen-bond donors (Lipinski definition) is 0. The van der Waals surface area contributed by atoms with Gasteiger partial charge in [0.2, 0.25) is 5.60 Å². The standard InChI is InChI=1S/C13H15NO4/c1-13(12(15)17-3)8-11(14-18-13)9-5-4-6-10(7-9)16-2/h4-7H,8H2,1-3H3. The average molecular weight is 249 g/mol. The first-order valence-corrected chi connectivity index (χ1v) is 5.57. The molecule has 5 nitrogen and oxygen atoms in total. The van der Waals surface area contributed by atoms with Gasteiger partial charge in [-0.1, -0.05) is 17.3 Å². The number of hydrogen-bond acceptors (Lipinski definition) is 5. The monoisotopic (exact) mass is 249 g/mol. The van der Waals surface area contributed by atoms with Gasteiger partial charge in [-0.3, -0.25) is 0 Å². The second kappa shape index (κ2) is 4.68. The number of oxime groups is 1. The summed E-state index contributed by atoms with van der Waals surface area (Å²) in [6, 6.07) is 7.46. The van der Waals surface area contributed by atoms with E-state index in [1.54, 1.807) is 14.0 Å². The topological polar surface area (TPSA) is 57.1 Å². The summed E-state index contributed by atoms with van der Waals surface area (Å²) in [7, 11) is 2.94. The van der Waals surface area contributed by atoms with Gasteiger partial charge in [0.25, 0.3) is 0 Å². The lowest BCUT2D eigenvalue weighted by Gasteiger charge is -2.17. The van der Waals surface area contributed by atoms with E-state index in [0.717, 1.165) is 11.3 Å². The molecule has 0 aromatic heterocycles. The van der Waals surface area contributed by atoms with Gasteiger partial charge in [0, 0.05) is 12.0 Å². The van der Waals surface area contributed by atoms with Gasteiger partial charge in [-0.05, 0) is 19.1 Å². The van der Waals surface area contributed by atoms with Gasteiger partial charge in [0.1, 0.15) is 5.75 Å². The number of carbonyl (C=O) groups is 1. The van der Waals surface area contributed by atoms with Crippen molar-refractivity contribution in [3.05, 3.63) is 29.8 Å². The summed E-state index contributed by atoms with van der Waals surface area (Å²) in [4.78, 5) is 16.8. The van der Waals surface area contributed by atoms with Crippen LogP contribution in [0.15, 0.2) is 29.4 Å². The van der Waals surface area contributed by atoms with E-state index in [1.165, 1.54) is 7.11 Å². The van der Waals surface area contributed by atoms with E-state index in [2.05, 4.69) is 5.16 Å². The first-order chi connectivity index (χ1) is 8.59. The van der Waals surface area contributed by atoms with Crippen LogP contribution in [-0.2, 0) is 14.4 Å². The number of ether oxygens (including phenoxy) is 2. The van der Waals surface area contributed by atoms with Crippen LogP contribution in [-0.4, -0.2) is 31.5 Å². The smallest absolute Gasteiger partial charge is 0.353 e. The number of nitrogens with zero attached hydrogens (tertiary/aromatic N) is 1. The second-order valence-electron chi connectivity index (χ2n) is 4.26. The molecule has 0 aliphatic carbocycles. The molecule has 0 saturated heterocycles. The summed E-state index contributed by atoms with van der Waals surface area (Å²) in [5, 5.41) is 3.96. The van der Waals surface area contributed by atoms with Crippen molar-refractivity contribution in [1.29, 1.82) is 0 Å². The van der Waals surface area contributed by atoms with E-state index in [4.69, 9.17) is 14.3 Å². The molecule has 1 unspecified atom stereocenters. The van der Waals surface area contributed by atoms with Crippen LogP contribution in [0.3, 0.4) is 0 Å². The summed E-state index contributed by atoms with van der Waals surface area (Å²) < 4.78 is 9.85. The average Bonchev–Trinajstić information content (AvgIpc) is 2.82. The molecule has 0 amide bonds. The molecule has 1 atom stereocenters. The first-order valence-electron chi connectivity index (χ1n) is 5.57. The van der Waals surface area contributed by atoms with Crippen molar-refractivity contribution < 1.29 is 19.1 Å². The van der Waals surface area contributed by atoms with Crippen LogP contribution >= 0.6 is 0 Å². The molecule has 0 saturated carbocycles. The lowest BCUT2D eigenvalue weighted by atomic mass is 9.96. The molecule has 1 heterocycles. The van der Waals surface area contributed by atoms with Gasteiger partial charge < -0.3 is 14.3 Å². The largest absolute Gasteiger partial charge is 0.497 e. The summed E-state index contributed by atoms with van der Waals surface area (Å²) in [6.45, 7) is 1.66. The molecule has 2 rings (SSSR count). The molecule has 0 radical (unpaired) electrons. The Hall–Kier alpha value is -2.04. The Morgan fingerprint density at radius 1 is 1.44 bits per heavy atom. The van der Waals surface area contributed by atoms with Gasteiger partial charge in [-0.2, -0.15) is 0 Å². The summed E-state index contributed by atoms with van der Waals surface area (Å²) in [5.74, 6) is 0.311.